The number of morpholine rings is 1. The highest BCUT2D eigenvalue weighted by Gasteiger charge is 2.27. The monoisotopic (exact) mass is 475 g/mol. The topological polar surface area (TPSA) is 79.7 Å². The first-order chi connectivity index (χ1) is 17.2. The zero-order valence-corrected chi connectivity index (χ0v) is 20.1. The highest BCUT2D eigenvalue weighted by Crippen LogP contribution is 2.22. The van der Waals surface area contributed by atoms with Crippen molar-refractivity contribution in [2.45, 2.75) is 19.4 Å². The third-order valence-electron chi connectivity index (χ3n) is 7.02. The van der Waals surface area contributed by atoms with Crippen molar-refractivity contribution in [3.05, 3.63) is 70.5 Å². The minimum atomic E-state index is -0.0824. The summed E-state index contributed by atoms with van der Waals surface area (Å²) < 4.78 is 7.19. The summed E-state index contributed by atoms with van der Waals surface area (Å²) >= 11 is 0. The van der Waals surface area contributed by atoms with Gasteiger partial charge in [-0.3, -0.25) is 19.1 Å². The molecule has 0 radical (unpaired) electrons. The number of aromatic nitrogens is 2. The van der Waals surface area contributed by atoms with E-state index in [-0.39, 0.29) is 17.4 Å². The summed E-state index contributed by atoms with van der Waals surface area (Å²) in [5.74, 6) is 0.569. The first kappa shape index (κ1) is 23.5. The Morgan fingerprint density at radius 1 is 0.971 bits per heavy atom. The molecule has 0 atom stereocenters. The summed E-state index contributed by atoms with van der Waals surface area (Å²) in [6.07, 6.45) is 1.44. The van der Waals surface area contributed by atoms with E-state index in [0.29, 0.717) is 32.0 Å². The van der Waals surface area contributed by atoms with Crippen LogP contribution in [0, 0.1) is 5.92 Å². The van der Waals surface area contributed by atoms with Crippen molar-refractivity contribution in [2.75, 3.05) is 57.4 Å². The van der Waals surface area contributed by atoms with Crippen LogP contribution in [0.15, 0.2) is 59.4 Å². The molecular formula is C27H33N5O3. The van der Waals surface area contributed by atoms with Crippen molar-refractivity contribution in [1.29, 1.82) is 0 Å². The fourth-order valence-corrected chi connectivity index (χ4v) is 4.97. The maximum atomic E-state index is 13.6. The number of anilines is 1. The quantitative estimate of drug-likeness (QED) is 0.564. The van der Waals surface area contributed by atoms with E-state index in [1.807, 2.05) is 64.1 Å². The first-order valence-corrected chi connectivity index (χ1v) is 12.6. The highest BCUT2D eigenvalue weighted by atomic mass is 16.5. The fraction of sp³-hybridized carbons (Fsp3) is 0.444. The molecule has 1 amide bonds. The lowest BCUT2D eigenvalue weighted by molar-refractivity contribution is -0.125. The van der Waals surface area contributed by atoms with Crippen molar-refractivity contribution < 1.29 is 9.53 Å². The van der Waals surface area contributed by atoms with Gasteiger partial charge >= 0.3 is 0 Å². The number of hydrogen-bond donors (Lipinski definition) is 1. The molecule has 35 heavy (non-hydrogen) atoms. The molecule has 184 valence electrons. The Hall–Kier alpha value is -3.23. The highest BCUT2D eigenvalue weighted by molar-refractivity contribution is 5.79. The Morgan fingerprint density at radius 2 is 1.69 bits per heavy atom. The second-order valence-corrected chi connectivity index (χ2v) is 9.31. The molecule has 8 nitrogen and oxygen atoms in total. The standard InChI is InChI=1S/C27H33N5O3/c33-26(28-12-15-30-16-18-35-19-17-30)22-10-13-31(14-11-22)25-27(34)32(20-21-6-2-1-3-7-21)24-9-5-4-8-23(24)29-25/h1-9,22H,10-20H2,(H,28,33). The maximum absolute atomic E-state index is 13.6. The first-order valence-electron chi connectivity index (χ1n) is 12.6. The van der Waals surface area contributed by atoms with E-state index >= 15 is 0 Å². The van der Waals surface area contributed by atoms with Crippen molar-refractivity contribution in [1.82, 2.24) is 19.8 Å². The molecule has 1 N–H and O–H groups in total. The largest absolute Gasteiger partial charge is 0.379 e. The van der Waals surface area contributed by atoms with Crippen LogP contribution in [0.25, 0.3) is 11.0 Å². The second-order valence-electron chi connectivity index (χ2n) is 9.31. The van der Waals surface area contributed by atoms with Gasteiger partial charge in [0, 0.05) is 45.2 Å². The summed E-state index contributed by atoms with van der Waals surface area (Å²) in [5, 5.41) is 3.10. The smallest absolute Gasteiger partial charge is 0.294 e. The Balaban J connectivity index is 1.25. The normalized spacial score (nSPS) is 17.5. The molecule has 2 fully saturated rings. The zero-order chi connectivity index (χ0) is 24.0. The predicted octanol–water partition coefficient (Wildman–Crippen LogP) is 2.11. The Morgan fingerprint density at radius 3 is 2.46 bits per heavy atom. The Labute approximate surface area is 205 Å². The van der Waals surface area contributed by atoms with Gasteiger partial charge in [0.05, 0.1) is 30.8 Å². The average Bonchev–Trinajstić information content (AvgIpc) is 2.91. The van der Waals surface area contributed by atoms with Crippen molar-refractivity contribution in [2.24, 2.45) is 5.92 Å². The van der Waals surface area contributed by atoms with Gasteiger partial charge in [0.2, 0.25) is 5.91 Å². The number of benzene rings is 2. The third kappa shape index (κ3) is 5.55. The van der Waals surface area contributed by atoms with E-state index in [0.717, 1.165) is 62.3 Å². The molecule has 0 saturated carbocycles. The lowest BCUT2D eigenvalue weighted by atomic mass is 9.96. The molecule has 2 aliphatic heterocycles. The number of hydrogen-bond acceptors (Lipinski definition) is 6. The van der Waals surface area contributed by atoms with Crippen molar-refractivity contribution in [3.8, 4) is 0 Å². The molecule has 5 rings (SSSR count). The lowest BCUT2D eigenvalue weighted by Gasteiger charge is -2.32. The Kier molecular flexibility index (Phi) is 7.39. The number of para-hydroxylation sites is 2. The predicted molar refractivity (Wildman–Crippen MR) is 137 cm³/mol. The molecule has 3 aromatic rings. The van der Waals surface area contributed by atoms with Crippen molar-refractivity contribution in [3.63, 3.8) is 0 Å². The average molecular weight is 476 g/mol. The molecular weight excluding hydrogens is 442 g/mol. The third-order valence-corrected chi connectivity index (χ3v) is 7.02. The Bertz CT molecular complexity index is 1200. The van der Waals surface area contributed by atoms with Gasteiger partial charge in [-0.05, 0) is 30.5 Å². The van der Waals surface area contributed by atoms with Gasteiger partial charge in [-0.25, -0.2) is 4.98 Å². The summed E-state index contributed by atoms with van der Waals surface area (Å²) in [7, 11) is 0. The molecule has 0 aliphatic carbocycles. The molecule has 1 aromatic heterocycles. The number of piperidine rings is 1. The van der Waals surface area contributed by atoms with Crippen LogP contribution in [0.3, 0.4) is 0 Å². The second kappa shape index (κ2) is 11.0. The number of carbonyl (C=O) groups is 1. The number of fused-ring (bicyclic) bond motifs is 1. The molecule has 3 heterocycles. The summed E-state index contributed by atoms with van der Waals surface area (Å²) in [6.45, 7) is 6.69. The molecule has 8 heteroatoms. The van der Waals surface area contributed by atoms with Gasteiger partial charge in [0.1, 0.15) is 0 Å². The number of rotatable bonds is 7. The van der Waals surface area contributed by atoms with E-state index in [4.69, 9.17) is 9.72 Å². The van der Waals surface area contributed by atoms with E-state index in [2.05, 4.69) is 10.2 Å². The van der Waals surface area contributed by atoms with E-state index < -0.39 is 0 Å². The number of ether oxygens (including phenoxy) is 1. The van der Waals surface area contributed by atoms with Crippen LogP contribution in [0.1, 0.15) is 18.4 Å². The van der Waals surface area contributed by atoms with Crippen molar-refractivity contribution >= 4 is 22.8 Å². The maximum Gasteiger partial charge on any atom is 0.294 e. The number of nitrogens with one attached hydrogen (secondary N) is 1. The number of carbonyl (C=O) groups excluding carboxylic acids is 1. The van der Waals surface area contributed by atoms with E-state index in [9.17, 15) is 9.59 Å². The molecule has 2 aliphatic rings. The van der Waals surface area contributed by atoms with Crippen LogP contribution < -0.4 is 15.8 Å². The molecule has 0 spiro atoms. The van der Waals surface area contributed by atoms with Crippen LogP contribution in [0.2, 0.25) is 0 Å². The van der Waals surface area contributed by atoms with Crippen LogP contribution in [0.5, 0.6) is 0 Å². The van der Waals surface area contributed by atoms with Gasteiger partial charge in [-0.15, -0.1) is 0 Å². The van der Waals surface area contributed by atoms with E-state index in [1.165, 1.54) is 0 Å². The molecule has 0 bridgehead atoms. The van der Waals surface area contributed by atoms with Crippen LogP contribution in [-0.2, 0) is 16.1 Å². The minimum absolute atomic E-state index is 0.0251. The molecule has 2 aromatic carbocycles. The van der Waals surface area contributed by atoms with Gasteiger partial charge in [0.25, 0.3) is 5.56 Å². The summed E-state index contributed by atoms with van der Waals surface area (Å²) in [5.41, 5.74) is 2.63. The summed E-state index contributed by atoms with van der Waals surface area (Å²) in [6, 6.07) is 17.8. The van der Waals surface area contributed by atoms with Crippen LogP contribution >= 0.6 is 0 Å². The number of nitrogens with zero attached hydrogens (tertiary/aromatic N) is 4. The molecule has 0 unspecified atom stereocenters. The van der Waals surface area contributed by atoms with Gasteiger partial charge in [0.15, 0.2) is 5.82 Å². The summed E-state index contributed by atoms with van der Waals surface area (Å²) in [4.78, 5) is 35.4. The van der Waals surface area contributed by atoms with Gasteiger partial charge < -0.3 is 15.0 Å². The SMILES string of the molecule is O=C(NCCN1CCOCC1)C1CCN(c2nc3ccccc3n(Cc3ccccc3)c2=O)CC1. The number of amides is 1. The lowest BCUT2D eigenvalue weighted by Crippen LogP contribution is -2.45. The van der Waals surface area contributed by atoms with E-state index in [1.54, 1.807) is 0 Å². The van der Waals surface area contributed by atoms with Gasteiger partial charge in [-0.1, -0.05) is 42.5 Å². The van der Waals surface area contributed by atoms with Crippen LogP contribution in [-0.4, -0.2) is 72.8 Å². The fourth-order valence-electron chi connectivity index (χ4n) is 4.97. The minimum Gasteiger partial charge on any atom is -0.379 e. The van der Waals surface area contributed by atoms with Crippen LogP contribution in [0.4, 0.5) is 5.82 Å². The zero-order valence-electron chi connectivity index (χ0n) is 20.1. The molecule has 2 saturated heterocycles. The van der Waals surface area contributed by atoms with Gasteiger partial charge in [-0.2, -0.15) is 0 Å².